The second kappa shape index (κ2) is 10.3. The molecule has 0 aromatic heterocycles. The fourth-order valence-electron chi connectivity index (χ4n) is 3.29. The fourth-order valence-corrected chi connectivity index (χ4v) is 3.29. The largest absolute Gasteiger partial charge is 0.444 e. The van der Waals surface area contributed by atoms with Crippen molar-refractivity contribution in [3.63, 3.8) is 0 Å². The number of carbonyl (C=O) groups is 2. The van der Waals surface area contributed by atoms with Gasteiger partial charge >= 0.3 is 12.2 Å². The zero-order valence-corrected chi connectivity index (χ0v) is 20.9. The number of guanidine groups is 1. The van der Waals surface area contributed by atoms with Gasteiger partial charge in [0.25, 0.3) is 0 Å². The quantitative estimate of drug-likeness (QED) is 0.419. The number of benzene rings is 2. The standard InChI is InChI=1S/C27H35N3O4/c1-26(2,3)33-24(31)29-23(30-25(32)34-27(4,5)6)28-17-18-8-7-9-22(16-18)21-14-12-20(13-15-21)19-10-11-19/h7-9,12-16,19H,10-11,17H2,1-6H3,(H2,28,29,30,31,32). The lowest BCUT2D eigenvalue weighted by molar-refractivity contribution is 0.0545. The molecule has 0 atom stereocenters. The monoisotopic (exact) mass is 465 g/mol. The van der Waals surface area contributed by atoms with Gasteiger partial charge in [0.05, 0.1) is 6.54 Å². The van der Waals surface area contributed by atoms with Crippen LogP contribution in [0.25, 0.3) is 11.1 Å². The van der Waals surface area contributed by atoms with Crippen LogP contribution < -0.4 is 10.6 Å². The van der Waals surface area contributed by atoms with E-state index in [0.29, 0.717) is 0 Å². The van der Waals surface area contributed by atoms with Crippen LogP contribution in [0.4, 0.5) is 9.59 Å². The third-order valence-corrected chi connectivity index (χ3v) is 4.88. The summed E-state index contributed by atoms with van der Waals surface area (Å²) in [6, 6.07) is 16.7. The van der Waals surface area contributed by atoms with E-state index in [1.54, 1.807) is 41.5 Å². The lowest BCUT2D eigenvalue weighted by Crippen LogP contribution is -2.47. The molecule has 7 nitrogen and oxygen atoms in total. The predicted molar refractivity (Wildman–Crippen MR) is 134 cm³/mol. The Balaban J connectivity index is 1.73. The SMILES string of the molecule is CC(C)(C)OC(=O)NC(=NCc1cccc(-c2ccc(C3CC3)cc2)c1)NC(=O)OC(C)(C)C. The van der Waals surface area contributed by atoms with Crippen molar-refractivity contribution in [3.05, 3.63) is 59.7 Å². The minimum absolute atomic E-state index is 0.0392. The van der Waals surface area contributed by atoms with Crippen molar-refractivity contribution in [3.8, 4) is 11.1 Å². The Kier molecular flexibility index (Phi) is 7.64. The van der Waals surface area contributed by atoms with Crippen LogP contribution in [0.2, 0.25) is 0 Å². The number of carbonyl (C=O) groups excluding carboxylic acids is 2. The van der Waals surface area contributed by atoms with Crippen molar-refractivity contribution < 1.29 is 19.1 Å². The number of rotatable bonds is 4. The number of ether oxygens (including phenoxy) is 2. The Morgan fingerprint density at radius 2 is 1.41 bits per heavy atom. The first-order valence-electron chi connectivity index (χ1n) is 11.6. The van der Waals surface area contributed by atoms with Crippen LogP contribution in [0.1, 0.15) is 71.4 Å². The second-order valence-electron chi connectivity index (χ2n) is 10.5. The average molecular weight is 466 g/mol. The minimum Gasteiger partial charge on any atom is -0.444 e. The Bertz CT molecular complexity index is 1010. The van der Waals surface area contributed by atoms with Crippen LogP contribution in [-0.4, -0.2) is 29.3 Å². The van der Waals surface area contributed by atoms with Crippen LogP contribution in [0, 0.1) is 0 Å². The number of amides is 2. The number of nitrogens with one attached hydrogen (secondary N) is 2. The highest BCUT2D eigenvalue weighted by Gasteiger charge is 2.23. The first-order chi connectivity index (χ1) is 15.9. The third kappa shape index (κ3) is 8.54. The maximum atomic E-state index is 12.3. The van der Waals surface area contributed by atoms with Crippen LogP contribution >= 0.6 is 0 Å². The molecule has 0 saturated heterocycles. The maximum absolute atomic E-state index is 12.3. The molecule has 1 aliphatic rings. The molecule has 0 aliphatic heterocycles. The summed E-state index contributed by atoms with van der Waals surface area (Å²) in [4.78, 5) is 28.9. The Morgan fingerprint density at radius 3 is 1.91 bits per heavy atom. The smallest absolute Gasteiger partial charge is 0.414 e. The molecule has 2 N–H and O–H groups in total. The van der Waals surface area contributed by atoms with E-state index in [1.165, 1.54) is 18.4 Å². The van der Waals surface area contributed by atoms with Crippen molar-refractivity contribution in [2.75, 3.05) is 0 Å². The number of aliphatic imine (C=N–C) groups is 1. The fraction of sp³-hybridized carbons (Fsp3) is 0.444. The topological polar surface area (TPSA) is 89.0 Å². The molecule has 1 aliphatic carbocycles. The molecule has 2 aromatic rings. The molecule has 1 saturated carbocycles. The van der Waals surface area contributed by atoms with Gasteiger partial charge in [0.2, 0.25) is 5.96 Å². The Morgan fingerprint density at radius 1 is 0.853 bits per heavy atom. The zero-order chi connectivity index (χ0) is 24.9. The van der Waals surface area contributed by atoms with E-state index in [2.05, 4.69) is 46.0 Å². The molecule has 0 heterocycles. The van der Waals surface area contributed by atoms with Crippen LogP contribution in [0.3, 0.4) is 0 Å². The summed E-state index contributed by atoms with van der Waals surface area (Å²) in [5.74, 6) is 0.686. The molecule has 182 valence electrons. The highest BCUT2D eigenvalue weighted by atomic mass is 16.6. The molecule has 34 heavy (non-hydrogen) atoms. The van der Waals surface area contributed by atoms with Crippen molar-refractivity contribution in [1.29, 1.82) is 0 Å². The summed E-state index contributed by atoms with van der Waals surface area (Å²) in [5, 5.41) is 5.01. The number of hydrogen-bond donors (Lipinski definition) is 2. The molecule has 0 spiro atoms. The number of nitrogens with zero attached hydrogens (tertiary/aromatic N) is 1. The van der Waals surface area contributed by atoms with Crippen LogP contribution in [0.5, 0.6) is 0 Å². The lowest BCUT2D eigenvalue weighted by Gasteiger charge is -2.22. The van der Waals surface area contributed by atoms with Crippen molar-refractivity contribution in [2.45, 2.75) is 78.0 Å². The van der Waals surface area contributed by atoms with E-state index in [4.69, 9.17) is 9.47 Å². The van der Waals surface area contributed by atoms with Gasteiger partial charge in [0, 0.05) is 0 Å². The summed E-state index contributed by atoms with van der Waals surface area (Å²) in [7, 11) is 0. The molecular formula is C27H35N3O4. The van der Waals surface area contributed by atoms with Gasteiger partial charge in [-0.15, -0.1) is 0 Å². The van der Waals surface area contributed by atoms with Gasteiger partial charge in [-0.3, -0.25) is 10.6 Å². The van der Waals surface area contributed by atoms with Gasteiger partial charge < -0.3 is 9.47 Å². The Hall–Kier alpha value is -3.35. The second-order valence-corrected chi connectivity index (χ2v) is 10.5. The first-order valence-corrected chi connectivity index (χ1v) is 11.6. The van der Waals surface area contributed by atoms with E-state index >= 15 is 0 Å². The average Bonchev–Trinajstić information content (AvgIpc) is 3.55. The number of alkyl carbamates (subject to hydrolysis) is 2. The summed E-state index contributed by atoms with van der Waals surface area (Å²) < 4.78 is 10.6. The van der Waals surface area contributed by atoms with E-state index in [9.17, 15) is 9.59 Å². The van der Waals surface area contributed by atoms with Gasteiger partial charge in [-0.05, 0) is 88.6 Å². The molecule has 1 fully saturated rings. The zero-order valence-electron chi connectivity index (χ0n) is 20.9. The molecule has 3 rings (SSSR count). The molecule has 0 bridgehead atoms. The maximum Gasteiger partial charge on any atom is 0.414 e. The van der Waals surface area contributed by atoms with E-state index in [1.807, 2.05) is 18.2 Å². The van der Waals surface area contributed by atoms with Gasteiger partial charge in [0.1, 0.15) is 11.2 Å². The molecule has 7 heteroatoms. The summed E-state index contributed by atoms with van der Waals surface area (Å²) in [6.45, 7) is 10.8. The van der Waals surface area contributed by atoms with E-state index in [-0.39, 0.29) is 12.5 Å². The normalized spacial score (nSPS) is 13.6. The first kappa shape index (κ1) is 25.3. The van der Waals surface area contributed by atoms with Gasteiger partial charge in [0.15, 0.2) is 0 Å². The lowest BCUT2D eigenvalue weighted by atomic mass is 10.0. The van der Waals surface area contributed by atoms with Crippen LogP contribution in [0.15, 0.2) is 53.5 Å². The number of hydrogen-bond acceptors (Lipinski definition) is 5. The Labute approximate surface area is 202 Å². The van der Waals surface area contributed by atoms with Crippen molar-refractivity contribution in [2.24, 2.45) is 4.99 Å². The van der Waals surface area contributed by atoms with E-state index in [0.717, 1.165) is 22.6 Å². The summed E-state index contributed by atoms with van der Waals surface area (Å²) in [6.07, 6.45) is 1.13. The molecule has 0 unspecified atom stereocenters. The van der Waals surface area contributed by atoms with Gasteiger partial charge in [-0.25, -0.2) is 14.6 Å². The third-order valence-electron chi connectivity index (χ3n) is 4.88. The van der Waals surface area contributed by atoms with Gasteiger partial charge in [-0.1, -0.05) is 42.5 Å². The molecule has 2 amide bonds. The summed E-state index contributed by atoms with van der Waals surface area (Å²) >= 11 is 0. The van der Waals surface area contributed by atoms with Crippen molar-refractivity contribution >= 4 is 18.1 Å². The molecule has 0 radical (unpaired) electrons. The molecule has 2 aromatic carbocycles. The van der Waals surface area contributed by atoms with E-state index < -0.39 is 23.4 Å². The van der Waals surface area contributed by atoms with Crippen LogP contribution in [-0.2, 0) is 16.0 Å². The minimum atomic E-state index is -0.716. The van der Waals surface area contributed by atoms with Gasteiger partial charge in [-0.2, -0.15) is 0 Å². The molecular weight excluding hydrogens is 430 g/mol. The highest BCUT2D eigenvalue weighted by molar-refractivity contribution is 6.01. The highest BCUT2D eigenvalue weighted by Crippen LogP contribution is 2.40. The van der Waals surface area contributed by atoms with Crippen molar-refractivity contribution in [1.82, 2.24) is 10.6 Å². The predicted octanol–water partition coefficient (Wildman–Crippen LogP) is 6.14. The summed E-state index contributed by atoms with van der Waals surface area (Å²) in [5.41, 5.74) is 3.16.